The molecule has 0 unspecified atom stereocenters. The van der Waals surface area contributed by atoms with Crippen molar-refractivity contribution >= 4 is 86.3 Å². The molecule has 9 rings (SSSR count). The highest BCUT2D eigenvalue weighted by atomic mass is 79.9. The van der Waals surface area contributed by atoms with E-state index in [-0.39, 0.29) is 0 Å². The van der Waals surface area contributed by atoms with E-state index in [0.717, 1.165) is 21.5 Å². The number of para-hydroxylation sites is 2. The van der Waals surface area contributed by atoms with Crippen LogP contribution in [0, 0.1) is 0 Å². The highest BCUT2D eigenvalue weighted by Gasteiger charge is 2.20. The first-order valence-electron chi connectivity index (χ1n) is 15.4. The van der Waals surface area contributed by atoms with Crippen molar-refractivity contribution in [2.24, 2.45) is 0 Å². The first-order valence-corrected chi connectivity index (χ1v) is 17.0. The number of aromatic nitrogens is 1. The Morgan fingerprint density at radius 1 is 0.478 bits per heavy atom. The largest absolute Gasteiger partial charge is 0.310 e. The lowest BCUT2D eigenvalue weighted by Gasteiger charge is -2.26. The second-order valence-electron chi connectivity index (χ2n) is 11.5. The minimum atomic E-state index is 1.08. The number of anilines is 3. The van der Waals surface area contributed by atoms with Crippen molar-refractivity contribution in [2.75, 3.05) is 4.90 Å². The molecule has 0 bridgehead atoms. The number of hydrogen-bond acceptors (Lipinski definition) is 2. The van der Waals surface area contributed by atoms with Crippen LogP contribution >= 0.6 is 27.3 Å². The summed E-state index contributed by atoms with van der Waals surface area (Å²) in [5, 5.41) is 5.13. The molecule has 2 aromatic heterocycles. The molecule has 7 aromatic carbocycles. The summed E-state index contributed by atoms with van der Waals surface area (Å²) in [6.07, 6.45) is 0. The number of rotatable bonds is 5. The third kappa shape index (κ3) is 4.45. The third-order valence-electron chi connectivity index (χ3n) is 8.82. The molecule has 0 fully saturated rings. The van der Waals surface area contributed by atoms with Crippen LogP contribution in [-0.2, 0) is 0 Å². The molecule has 0 aliphatic heterocycles. The van der Waals surface area contributed by atoms with Gasteiger partial charge in [-0.15, -0.1) is 11.3 Å². The van der Waals surface area contributed by atoms with Crippen LogP contribution < -0.4 is 4.90 Å². The van der Waals surface area contributed by atoms with Crippen LogP contribution in [0.25, 0.3) is 58.8 Å². The monoisotopic (exact) mass is 670 g/mol. The molecule has 4 heteroatoms. The van der Waals surface area contributed by atoms with Crippen LogP contribution in [0.5, 0.6) is 0 Å². The molecule has 0 radical (unpaired) electrons. The predicted octanol–water partition coefficient (Wildman–Crippen LogP) is 13.1. The SMILES string of the molecule is Brc1cccc(-c2ccc(N(c3ccccc3)c3ccc4c(c3)c3ccc5sc6ccccc6c5c3n4-c3ccccc3)cc2)c1. The minimum Gasteiger partial charge on any atom is -0.310 e. The fourth-order valence-corrected chi connectivity index (χ4v) is 8.29. The molecule has 2 heterocycles. The first-order chi connectivity index (χ1) is 22.7. The van der Waals surface area contributed by atoms with Crippen molar-refractivity contribution in [1.29, 1.82) is 0 Å². The molecule has 0 atom stereocenters. The maximum atomic E-state index is 3.62. The van der Waals surface area contributed by atoms with Crippen molar-refractivity contribution in [3.8, 4) is 16.8 Å². The maximum absolute atomic E-state index is 3.62. The highest BCUT2D eigenvalue weighted by Crippen LogP contribution is 2.45. The van der Waals surface area contributed by atoms with Crippen molar-refractivity contribution < 1.29 is 0 Å². The van der Waals surface area contributed by atoms with Gasteiger partial charge in [-0.25, -0.2) is 0 Å². The Hall–Kier alpha value is -5.16. The van der Waals surface area contributed by atoms with Crippen LogP contribution in [0.2, 0.25) is 0 Å². The molecule has 0 saturated carbocycles. The molecule has 9 aromatic rings. The van der Waals surface area contributed by atoms with Gasteiger partial charge in [0.15, 0.2) is 0 Å². The van der Waals surface area contributed by atoms with E-state index in [1.165, 1.54) is 58.8 Å². The molecule has 46 heavy (non-hydrogen) atoms. The maximum Gasteiger partial charge on any atom is 0.0634 e. The Kier molecular flexibility index (Phi) is 6.51. The first kappa shape index (κ1) is 27.2. The van der Waals surface area contributed by atoms with E-state index in [1.54, 1.807) is 0 Å². The molecular weight excluding hydrogens is 644 g/mol. The van der Waals surface area contributed by atoms with E-state index in [0.29, 0.717) is 0 Å². The van der Waals surface area contributed by atoms with Crippen LogP contribution in [-0.4, -0.2) is 4.57 Å². The van der Waals surface area contributed by atoms with Crippen molar-refractivity contribution in [1.82, 2.24) is 4.57 Å². The van der Waals surface area contributed by atoms with Gasteiger partial charge in [-0.2, -0.15) is 0 Å². The summed E-state index contributed by atoms with van der Waals surface area (Å²) in [5.74, 6) is 0. The Balaban J connectivity index is 1.29. The van der Waals surface area contributed by atoms with Gasteiger partial charge in [0.2, 0.25) is 0 Å². The van der Waals surface area contributed by atoms with E-state index in [2.05, 4.69) is 189 Å². The summed E-state index contributed by atoms with van der Waals surface area (Å²) in [7, 11) is 0. The van der Waals surface area contributed by atoms with Gasteiger partial charge in [0.05, 0.1) is 11.0 Å². The van der Waals surface area contributed by atoms with Crippen LogP contribution in [0.4, 0.5) is 17.1 Å². The standard InChI is InChI=1S/C42H27BrN2S/c43-30-11-9-10-29(26-30)28-18-20-33(21-19-28)44(31-12-3-1-4-13-31)34-22-24-38-37(27-34)35-23-25-40-41(36-16-7-8-17-39(36)46-40)42(35)45(38)32-14-5-2-6-15-32/h1-27H. The van der Waals surface area contributed by atoms with Gasteiger partial charge < -0.3 is 9.47 Å². The summed E-state index contributed by atoms with van der Waals surface area (Å²) in [6, 6.07) is 59.1. The van der Waals surface area contributed by atoms with Gasteiger partial charge in [0.1, 0.15) is 0 Å². The Labute approximate surface area is 279 Å². The van der Waals surface area contributed by atoms with E-state index in [9.17, 15) is 0 Å². The third-order valence-corrected chi connectivity index (χ3v) is 10.5. The summed E-state index contributed by atoms with van der Waals surface area (Å²) in [5.41, 5.74) is 9.36. The average Bonchev–Trinajstić information content (AvgIpc) is 3.65. The molecule has 0 N–H and O–H groups in total. The molecule has 218 valence electrons. The lowest BCUT2D eigenvalue weighted by Crippen LogP contribution is -2.09. The van der Waals surface area contributed by atoms with E-state index < -0.39 is 0 Å². The summed E-state index contributed by atoms with van der Waals surface area (Å²) >= 11 is 5.49. The van der Waals surface area contributed by atoms with Gasteiger partial charge in [-0.3, -0.25) is 0 Å². The number of benzene rings is 7. The Bertz CT molecular complexity index is 2530. The van der Waals surface area contributed by atoms with Gasteiger partial charge >= 0.3 is 0 Å². The topological polar surface area (TPSA) is 8.17 Å². The molecule has 0 aliphatic rings. The quantitative estimate of drug-likeness (QED) is 0.177. The molecule has 2 nitrogen and oxygen atoms in total. The smallest absolute Gasteiger partial charge is 0.0634 e. The fourth-order valence-electron chi connectivity index (χ4n) is 6.78. The number of nitrogens with zero attached hydrogens (tertiary/aromatic N) is 2. The van der Waals surface area contributed by atoms with E-state index >= 15 is 0 Å². The van der Waals surface area contributed by atoms with Crippen molar-refractivity contribution in [2.45, 2.75) is 0 Å². The molecule has 0 aliphatic carbocycles. The number of hydrogen-bond donors (Lipinski definition) is 0. The zero-order valence-corrected chi connectivity index (χ0v) is 27.2. The van der Waals surface area contributed by atoms with Crippen molar-refractivity contribution in [3.05, 3.63) is 168 Å². The van der Waals surface area contributed by atoms with Crippen LogP contribution in [0.15, 0.2) is 168 Å². The lowest BCUT2D eigenvalue weighted by atomic mass is 10.0. The van der Waals surface area contributed by atoms with E-state index in [1.807, 2.05) is 11.3 Å². The predicted molar refractivity (Wildman–Crippen MR) is 201 cm³/mol. The number of halogens is 1. The zero-order valence-electron chi connectivity index (χ0n) is 24.8. The van der Waals surface area contributed by atoms with Gasteiger partial charge in [0, 0.05) is 58.2 Å². The molecular formula is C42H27BrN2S. The van der Waals surface area contributed by atoms with Gasteiger partial charge in [-0.05, 0) is 90.0 Å². The zero-order chi connectivity index (χ0) is 30.6. The summed E-state index contributed by atoms with van der Waals surface area (Å²) < 4.78 is 6.16. The van der Waals surface area contributed by atoms with Crippen LogP contribution in [0.1, 0.15) is 0 Å². The second-order valence-corrected chi connectivity index (χ2v) is 13.5. The minimum absolute atomic E-state index is 1.08. The van der Waals surface area contributed by atoms with Crippen LogP contribution in [0.3, 0.4) is 0 Å². The molecule has 0 saturated heterocycles. The second kappa shape index (κ2) is 11.0. The summed E-state index contributed by atoms with van der Waals surface area (Å²) in [4.78, 5) is 2.36. The van der Waals surface area contributed by atoms with Crippen molar-refractivity contribution in [3.63, 3.8) is 0 Å². The van der Waals surface area contributed by atoms with Gasteiger partial charge in [0.25, 0.3) is 0 Å². The fraction of sp³-hybridized carbons (Fsp3) is 0. The molecule has 0 amide bonds. The normalized spacial score (nSPS) is 11.6. The number of thiophene rings is 1. The number of fused-ring (bicyclic) bond motifs is 7. The van der Waals surface area contributed by atoms with Gasteiger partial charge in [-0.1, -0.05) is 101 Å². The Morgan fingerprint density at radius 3 is 2.00 bits per heavy atom. The summed E-state index contributed by atoms with van der Waals surface area (Å²) in [6.45, 7) is 0. The van der Waals surface area contributed by atoms with E-state index in [4.69, 9.17) is 0 Å². The highest BCUT2D eigenvalue weighted by molar-refractivity contribution is 9.10. The lowest BCUT2D eigenvalue weighted by molar-refractivity contribution is 1.19. The average molecular weight is 672 g/mol. The molecule has 0 spiro atoms. The Morgan fingerprint density at radius 2 is 1.20 bits per heavy atom.